The van der Waals surface area contributed by atoms with Crippen LogP contribution in [0.1, 0.15) is 15.4 Å². The molecule has 6 nitrogen and oxygen atoms in total. The van der Waals surface area contributed by atoms with Crippen molar-refractivity contribution in [1.29, 1.82) is 0 Å². The molecule has 1 amide bonds. The molecular formula is C14H13N5OS. The molecule has 3 rings (SSSR count). The lowest BCUT2D eigenvalue weighted by Crippen LogP contribution is -2.17. The lowest BCUT2D eigenvalue weighted by Gasteiger charge is -1.97. The van der Waals surface area contributed by atoms with Crippen molar-refractivity contribution in [2.75, 3.05) is 0 Å². The Balaban J connectivity index is 1.68. The normalized spacial score (nSPS) is 11.1. The highest BCUT2D eigenvalue weighted by atomic mass is 32.1. The molecular weight excluding hydrogens is 286 g/mol. The molecule has 0 aliphatic heterocycles. The Bertz CT molecular complexity index is 769. The lowest BCUT2D eigenvalue weighted by atomic mass is 10.3. The Labute approximate surface area is 125 Å². The second kappa shape index (κ2) is 5.76. The summed E-state index contributed by atoms with van der Waals surface area (Å²) >= 11 is 1.55. The van der Waals surface area contributed by atoms with E-state index in [0.29, 0.717) is 5.69 Å². The van der Waals surface area contributed by atoms with Gasteiger partial charge >= 0.3 is 0 Å². The van der Waals surface area contributed by atoms with E-state index in [1.165, 1.54) is 0 Å². The summed E-state index contributed by atoms with van der Waals surface area (Å²) in [4.78, 5) is 12.9. The quantitative estimate of drug-likeness (QED) is 0.572. The van der Waals surface area contributed by atoms with Crippen LogP contribution in [0, 0.1) is 0 Å². The van der Waals surface area contributed by atoms with Gasteiger partial charge in [0, 0.05) is 18.1 Å². The fourth-order valence-corrected chi connectivity index (χ4v) is 2.46. The predicted molar refractivity (Wildman–Crippen MR) is 82.4 cm³/mol. The lowest BCUT2D eigenvalue weighted by molar-refractivity contribution is 0.0950. The molecule has 0 aliphatic rings. The summed E-state index contributed by atoms with van der Waals surface area (Å²) in [5.41, 5.74) is 4.49. The van der Waals surface area contributed by atoms with E-state index in [4.69, 9.17) is 0 Å². The topological polar surface area (TPSA) is 75.1 Å². The van der Waals surface area contributed by atoms with E-state index in [9.17, 15) is 4.79 Å². The first-order valence-electron chi connectivity index (χ1n) is 6.28. The van der Waals surface area contributed by atoms with E-state index in [1.807, 2.05) is 47.5 Å². The molecule has 0 aromatic carbocycles. The van der Waals surface area contributed by atoms with Crippen LogP contribution in [0.3, 0.4) is 0 Å². The van der Waals surface area contributed by atoms with Crippen LogP contribution in [0.4, 0.5) is 0 Å². The molecule has 21 heavy (non-hydrogen) atoms. The number of nitrogens with one attached hydrogen (secondary N) is 2. The van der Waals surface area contributed by atoms with Crippen LogP contribution in [0.5, 0.6) is 0 Å². The Morgan fingerprint density at radius 1 is 1.48 bits per heavy atom. The number of amides is 1. The molecule has 0 saturated heterocycles. The number of aromatic nitrogens is 3. The molecule has 7 heteroatoms. The highest BCUT2D eigenvalue weighted by molar-refractivity contribution is 7.11. The number of hydrazone groups is 1. The number of aryl methyl sites for hydroxylation is 1. The van der Waals surface area contributed by atoms with Gasteiger partial charge < -0.3 is 4.57 Å². The van der Waals surface area contributed by atoms with Gasteiger partial charge in [0.25, 0.3) is 5.91 Å². The Morgan fingerprint density at radius 3 is 3.10 bits per heavy atom. The number of thiophene rings is 1. The van der Waals surface area contributed by atoms with Gasteiger partial charge in [0.15, 0.2) is 0 Å². The highest BCUT2D eigenvalue weighted by Gasteiger charge is 2.11. The molecule has 3 aromatic rings. The first-order chi connectivity index (χ1) is 10.2. The van der Waals surface area contributed by atoms with E-state index < -0.39 is 0 Å². The van der Waals surface area contributed by atoms with Crippen LogP contribution in [0.25, 0.3) is 11.4 Å². The average molecular weight is 299 g/mol. The van der Waals surface area contributed by atoms with Gasteiger partial charge in [0.05, 0.1) is 11.9 Å². The van der Waals surface area contributed by atoms with Gasteiger partial charge in [-0.1, -0.05) is 6.07 Å². The number of rotatable bonds is 4. The molecule has 0 unspecified atom stereocenters. The van der Waals surface area contributed by atoms with Gasteiger partial charge in [-0.3, -0.25) is 9.89 Å². The van der Waals surface area contributed by atoms with E-state index in [-0.39, 0.29) is 5.91 Å². The second-order valence-corrected chi connectivity index (χ2v) is 5.37. The summed E-state index contributed by atoms with van der Waals surface area (Å²) in [6.45, 7) is 0. The molecule has 0 fully saturated rings. The van der Waals surface area contributed by atoms with Gasteiger partial charge in [-0.25, -0.2) is 5.43 Å². The summed E-state index contributed by atoms with van der Waals surface area (Å²) in [5.74, 6) is -0.323. The number of hydrogen-bond donors (Lipinski definition) is 2. The maximum atomic E-state index is 11.9. The van der Waals surface area contributed by atoms with Crippen LogP contribution in [0.15, 0.2) is 47.0 Å². The molecule has 0 spiro atoms. The average Bonchev–Trinajstić information content (AvgIpc) is 3.18. The third-order valence-corrected chi connectivity index (χ3v) is 3.74. The number of carbonyl (C=O) groups excluding carboxylic acids is 1. The fraction of sp³-hybridized carbons (Fsp3) is 0.0714. The molecule has 0 bridgehead atoms. The maximum Gasteiger partial charge on any atom is 0.289 e. The number of hydrogen-bond acceptors (Lipinski definition) is 4. The van der Waals surface area contributed by atoms with Crippen molar-refractivity contribution in [2.45, 2.75) is 0 Å². The third-order valence-electron chi connectivity index (χ3n) is 2.93. The molecule has 3 heterocycles. The minimum atomic E-state index is -0.323. The summed E-state index contributed by atoms with van der Waals surface area (Å²) < 4.78 is 1.94. The molecule has 106 valence electrons. The Morgan fingerprint density at radius 2 is 2.38 bits per heavy atom. The fourth-order valence-electron chi connectivity index (χ4n) is 1.88. The van der Waals surface area contributed by atoms with Crippen molar-refractivity contribution in [2.24, 2.45) is 12.1 Å². The zero-order valence-electron chi connectivity index (χ0n) is 11.3. The van der Waals surface area contributed by atoms with Crippen LogP contribution in [-0.2, 0) is 7.05 Å². The van der Waals surface area contributed by atoms with Gasteiger partial charge in [-0.05, 0) is 29.6 Å². The molecule has 0 aliphatic carbocycles. The monoisotopic (exact) mass is 299 g/mol. The summed E-state index contributed by atoms with van der Waals surface area (Å²) in [6.07, 6.45) is 3.53. The summed E-state index contributed by atoms with van der Waals surface area (Å²) in [6, 6.07) is 9.41. The molecule has 3 aromatic heterocycles. The molecule has 0 saturated carbocycles. The number of nitrogens with zero attached hydrogens (tertiary/aromatic N) is 3. The van der Waals surface area contributed by atoms with E-state index >= 15 is 0 Å². The van der Waals surface area contributed by atoms with Crippen LogP contribution >= 0.6 is 11.3 Å². The van der Waals surface area contributed by atoms with Crippen molar-refractivity contribution < 1.29 is 4.79 Å². The van der Waals surface area contributed by atoms with Gasteiger partial charge in [0.2, 0.25) is 0 Å². The zero-order chi connectivity index (χ0) is 14.7. The molecule has 0 radical (unpaired) electrons. The van der Waals surface area contributed by atoms with Crippen LogP contribution in [-0.4, -0.2) is 26.9 Å². The molecule has 2 N–H and O–H groups in total. The van der Waals surface area contributed by atoms with Gasteiger partial charge in [-0.2, -0.15) is 10.2 Å². The summed E-state index contributed by atoms with van der Waals surface area (Å²) in [5, 5.41) is 12.7. The van der Waals surface area contributed by atoms with Crippen molar-refractivity contribution in [3.05, 3.63) is 52.5 Å². The smallest absolute Gasteiger partial charge is 0.289 e. The van der Waals surface area contributed by atoms with E-state index in [2.05, 4.69) is 20.7 Å². The first kappa shape index (κ1) is 13.3. The maximum absolute atomic E-state index is 11.9. The largest absolute Gasteiger partial charge is 0.349 e. The summed E-state index contributed by atoms with van der Waals surface area (Å²) in [7, 11) is 1.93. The highest BCUT2D eigenvalue weighted by Crippen LogP contribution is 2.17. The zero-order valence-corrected chi connectivity index (χ0v) is 12.1. The van der Waals surface area contributed by atoms with Crippen LogP contribution < -0.4 is 5.43 Å². The third kappa shape index (κ3) is 2.92. The minimum absolute atomic E-state index is 0.323. The number of carbonyl (C=O) groups is 1. The van der Waals surface area contributed by atoms with E-state index in [1.54, 1.807) is 23.6 Å². The Hall–Kier alpha value is -2.67. The van der Waals surface area contributed by atoms with Crippen molar-refractivity contribution in [3.63, 3.8) is 0 Å². The standard InChI is InChI=1S/C14H13N5OS/c1-19-6-2-5-13(19)11-8-12(17-16-11)14(20)18-15-9-10-4-3-7-21-10/h2-9H,1H3,(H,16,17)(H,18,20)/b15-9+. The van der Waals surface area contributed by atoms with Crippen molar-refractivity contribution in [3.8, 4) is 11.4 Å². The predicted octanol–water partition coefficient (Wildman–Crippen LogP) is 2.24. The Kier molecular flexibility index (Phi) is 3.65. The van der Waals surface area contributed by atoms with Crippen molar-refractivity contribution >= 4 is 23.5 Å². The second-order valence-electron chi connectivity index (χ2n) is 4.39. The van der Waals surface area contributed by atoms with E-state index in [0.717, 1.165) is 16.3 Å². The number of aromatic amines is 1. The van der Waals surface area contributed by atoms with Gasteiger partial charge in [-0.15, -0.1) is 11.3 Å². The SMILES string of the molecule is Cn1cccc1-c1cc(C(=O)N/N=C/c2cccs2)[nH]n1. The van der Waals surface area contributed by atoms with Gasteiger partial charge in [0.1, 0.15) is 11.4 Å². The molecule has 0 atom stereocenters. The number of H-pyrrole nitrogens is 1. The first-order valence-corrected chi connectivity index (χ1v) is 7.16. The van der Waals surface area contributed by atoms with Crippen molar-refractivity contribution in [1.82, 2.24) is 20.2 Å². The van der Waals surface area contributed by atoms with Crippen LogP contribution in [0.2, 0.25) is 0 Å². The minimum Gasteiger partial charge on any atom is -0.349 e.